The summed E-state index contributed by atoms with van der Waals surface area (Å²) < 4.78 is 21.0. The van der Waals surface area contributed by atoms with E-state index in [1.165, 1.54) is 23.9 Å². The van der Waals surface area contributed by atoms with E-state index in [4.69, 9.17) is 4.74 Å². The van der Waals surface area contributed by atoms with Crippen LogP contribution in [-0.4, -0.2) is 75.6 Å². The van der Waals surface area contributed by atoms with Gasteiger partial charge in [0.05, 0.1) is 18.5 Å². The lowest BCUT2D eigenvalue weighted by molar-refractivity contribution is -0.129. The first-order valence-electron chi connectivity index (χ1n) is 11.5. The molecule has 0 aliphatic carbocycles. The normalized spacial score (nSPS) is 15.3. The molecule has 1 saturated heterocycles. The number of rotatable bonds is 9. The van der Waals surface area contributed by atoms with Crippen LogP contribution in [0.4, 0.5) is 4.39 Å². The average molecular weight is 484 g/mol. The highest BCUT2D eigenvalue weighted by Crippen LogP contribution is 2.28. The Morgan fingerprint density at radius 1 is 1.09 bits per heavy atom. The Bertz CT molecular complexity index is 1070. The van der Waals surface area contributed by atoms with Crippen LogP contribution < -0.4 is 0 Å². The monoisotopic (exact) mass is 483 g/mol. The summed E-state index contributed by atoms with van der Waals surface area (Å²) in [4.78, 5) is 17.1. The van der Waals surface area contributed by atoms with Gasteiger partial charge in [0.15, 0.2) is 11.0 Å². The van der Waals surface area contributed by atoms with E-state index in [-0.39, 0.29) is 17.0 Å². The van der Waals surface area contributed by atoms with Crippen molar-refractivity contribution < 1.29 is 13.9 Å². The number of nitrogens with zero attached hydrogens (tertiary/aromatic N) is 5. The summed E-state index contributed by atoms with van der Waals surface area (Å²) >= 11 is 1.40. The van der Waals surface area contributed by atoms with E-state index in [2.05, 4.69) is 15.1 Å². The molecule has 0 bridgehead atoms. The van der Waals surface area contributed by atoms with Gasteiger partial charge in [-0.05, 0) is 36.8 Å². The van der Waals surface area contributed by atoms with Crippen LogP contribution in [0, 0.1) is 5.82 Å². The van der Waals surface area contributed by atoms with Gasteiger partial charge in [-0.2, -0.15) is 0 Å². The highest BCUT2D eigenvalue weighted by atomic mass is 32.2. The molecule has 1 aromatic heterocycles. The van der Waals surface area contributed by atoms with Gasteiger partial charge in [0.2, 0.25) is 5.91 Å². The molecule has 4 rings (SSSR count). The summed E-state index contributed by atoms with van der Waals surface area (Å²) in [6.45, 7) is 7.16. The molecule has 1 unspecified atom stereocenters. The fourth-order valence-electron chi connectivity index (χ4n) is 3.91. The van der Waals surface area contributed by atoms with Gasteiger partial charge < -0.3 is 14.2 Å². The quantitative estimate of drug-likeness (QED) is 0.434. The lowest BCUT2D eigenvalue weighted by Crippen LogP contribution is -2.38. The molecule has 7 nitrogen and oxygen atoms in total. The summed E-state index contributed by atoms with van der Waals surface area (Å²) in [5.74, 6) is 0.409. The first-order valence-corrected chi connectivity index (χ1v) is 12.3. The highest BCUT2D eigenvalue weighted by Gasteiger charge is 2.24. The van der Waals surface area contributed by atoms with Crippen molar-refractivity contribution in [2.24, 2.45) is 0 Å². The lowest BCUT2D eigenvalue weighted by Gasteiger charge is -2.27. The van der Waals surface area contributed by atoms with Gasteiger partial charge >= 0.3 is 0 Å². The molecule has 2 heterocycles. The van der Waals surface area contributed by atoms with Gasteiger partial charge in [0.25, 0.3) is 0 Å². The molecule has 34 heavy (non-hydrogen) atoms. The van der Waals surface area contributed by atoms with Gasteiger partial charge in [0.1, 0.15) is 5.82 Å². The topological polar surface area (TPSA) is 63.5 Å². The lowest BCUT2D eigenvalue weighted by atomic mass is 10.2. The predicted molar refractivity (Wildman–Crippen MR) is 131 cm³/mol. The summed E-state index contributed by atoms with van der Waals surface area (Å²) in [5.41, 5.74) is 1.88. The second-order valence-electron chi connectivity index (χ2n) is 8.36. The molecule has 180 valence electrons. The van der Waals surface area contributed by atoms with Gasteiger partial charge in [-0.1, -0.05) is 42.1 Å². The molecule has 3 aromatic rings. The van der Waals surface area contributed by atoms with Gasteiger partial charge in [-0.25, -0.2) is 4.39 Å². The molecule has 0 spiro atoms. The second-order valence-corrected chi connectivity index (χ2v) is 9.67. The van der Waals surface area contributed by atoms with E-state index in [1.807, 2.05) is 48.9 Å². The maximum absolute atomic E-state index is 13.5. The molecular weight excluding hydrogens is 453 g/mol. The van der Waals surface area contributed by atoms with E-state index in [1.54, 1.807) is 17.0 Å². The molecule has 1 aliphatic heterocycles. The molecular formula is C25H30FN5O2S. The maximum atomic E-state index is 13.5. The summed E-state index contributed by atoms with van der Waals surface area (Å²) in [6.07, 6.45) is 0. The molecule has 0 N–H and O–H groups in total. The molecule has 1 amide bonds. The third-order valence-corrected chi connectivity index (χ3v) is 6.90. The van der Waals surface area contributed by atoms with E-state index >= 15 is 0 Å². The minimum absolute atomic E-state index is 0.0277. The minimum Gasteiger partial charge on any atom is -0.379 e. The second kappa shape index (κ2) is 11.6. The number of halogens is 1. The van der Waals surface area contributed by atoms with E-state index in [0.29, 0.717) is 24.1 Å². The number of thioether (sulfide) groups is 1. The number of aromatic nitrogens is 3. The maximum Gasteiger partial charge on any atom is 0.235 e. The fourth-order valence-corrected chi connectivity index (χ4v) is 4.90. The number of hydrogen-bond donors (Lipinski definition) is 0. The molecule has 1 fully saturated rings. The van der Waals surface area contributed by atoms with Crippen molar-refractivity contribution in [3.8, 4) is 11.4 Å². The zero-order valence-electron chi connectivity index (χ0n) is 19.6. The molecule has 1 aliphatic rings. The Hall–Kier alpha value is -2.75. The molecule has 2 aromatic carbocycles. The van der Waals surface area contributed by atoms with Crippen LogP contribution in [0.3, 0.4) is 0 Å². The SMILES string of the molecule is CC(Sc1nnc(-c2ccc(F)cc2)n1CCN1CCOCC1)C(=O)N(C)Cc1ccccc1. The van der Waals surface area contributed by atoms with Crippen LogP contribution in [0.2, 0.25) is 0 Å². The van der Waals surface area contributed by atoms with Crippen LogP contribution in [0.1, 0.15) is 12.5 Å². The number of benzene rings is 2. The first-order chi connectivity index (χ1) is 16.5. The number of ether oxygens (including phenoxy) is 1. The van der Waals surface area contributed by atoms with Crippen LogP contribution in [0.5, 0.6) is 0 Å². The third-order valence-electron chi connectivity index (χ3n) is 5.83. The van der Waals surface area contributed by atoms with Crippen molar-refractivity contribution in [3.63, 3.8) is 0 Å². The Labute approximate surface area is 203 Å². The van der Waals surface area contributed by atoms with Crippen molar-refractivity contribution in [1.82, 2.24) is 24.6 Å². The number of morpholine rings is 1. The number of amides is 1. The molecule has 0 saturated carbocycles. The summed E-state index contributed by atoms with van der Waals surface area (Å²) in [6, 6.07) is 16.2. The minimum atomic E-state index is -0.332. The Morgan fingerprint density at radius 3 is 2.50 bits per heavy atom. The van der Waals surface area contributed by atoms with Crippen molar-refractivity contribution in [2.75, 3.05) is 39.9 Å². The number of carbonyl (C=O) groups is 1. The largest absolute Gasteiger partial charge is 0.379 e. The first kappa shape index (κ1) is 24.4. The van der Waals surface area contributed by atoms with Crippen LogP contribution in [0.25, 0.3) is 11.4 Å². The van der Waals surface area contributed by atoms with Gasteiger partial charge in [-0.3, -0.25) is 9.69 Å². The Balaban J connectivity index is 1.50. The van der Waals surface area contributed by atoms with Gasteiger partial charge in [-0.15, -0.1) is 10.2 Å². The van der Waals surface area contributed by atoms with Crippen molar-refractivity contribution in [1.29, 1.82) is 0 Å². The molecule has 0 radical (unpaired) electrons. The van der Waals surface area contributed by atoms with Crippen LogP contribution >= 0.6 is 11.8 Å². The van der Waals surface area contributed by atoms with Crippen molar-refractivity contribution in [2.45, 2.75) is 30.4 Å². The number of carbonyl (C=O) groups excluding carboxylic acids is 1. The Morgan fingerprint density at radius 2 is 1.79 bits per heavy atom. The number of hydrogen-bond acceptors (Lipinski definition) is 6. The Kier molecular flexibility index (Phi) is 8.31. The average Bonchev–Trinajstić information content (AvgIpc) is 3.26. The third kappa shape index (κ3) is 6.22. The highest BCUT2D eigenvalue weighted by molar-refractivity contribution is 8.00. The molecule has 9 heteroatoms. The van der Waals surface area contributed by atoms with Gasteiger partial charge in [0, 0.05) is 45.3 Å². The van der Waals surface area contributed by atoms with Crippen LogP contribution in [-0.2, 0) is 22.6 Å². The summed E-state index contributed by atoms with van der Waals surface area (Å²) in [7, 11) is 1.82. The van der Waals surface area contributed by atoms with E-state index in [9.17, 15) is 9.18 Å². The molecule has 1 atom stereocenters. The zero-order chi connectivity index (χ0) is 23.9. The van der Waals surface area contributed by atoms with Crippen molar-refractivity contribution in [3.05, 3.63) is 66.0 Å². The van der Waals surface area contributed by atoms with E-state index in [0.717, 1.165) is 44.0 Å². The zero-order valence-corrected chi connectivity index (χ0v) is 20.4. The van der Waals surface area contributed by atoms with Crippen molar-refractivity contribution >= 4 is 17.7 Å². The van der Waals surface area contributed by atoms with E-state index < -0.39 is 0 Å². The summed E-state index contributed by atoms with van der Waals surface area (Å²) in [5, 5.41) is 9.17. The van der Waals surface area contributed by atoms with Crippen LogP contribution in [0.15, 0.2) is 59.8 Å². The standard InChI is InChI=1S/C25H30FN5O2S/c1-19(24(32)29(2)18-20-6-4-3-5-7-20)34-25-28-27-23(21-8-10-22(26)11-9-21)31(25)13-12-30-14-16-33-17-15-30/h3-11,19H,12-18H2,1-2H3. The smallest absolute Gasteiger partial charge is 0.235 e. The predicted octanol–water partition coefficient (Wildman–Crippen LogP) is 3.56. The fraction of sp³-hybridized carbons (Fsp3) is 0.400.